The van der Waals surface area contributed by atoms with Crippen molar-refractivity contribution in [3.63, 3.8) is 0 Å². The molecule has 1 heterocycles. The van der Waals surface area contributed by atoms with Crippen LogP contribution in [0.2, 0.25) is 0 Å². The van der Waals surface area contributed by atoms with Gasteiger partial charge < -0.3 is 4.79 Å². The van der Waals surface area contributed by atoms with Crippen LogP contribution < -0.4 is 0 Å². The first kappa shape index (κ1) is 13.2. The van der Waals surface area contributed by atoms with Gasteiger partial charge in [0.1, 0.15) is 6.29 Å². The van der Waals surface area contributed by atoms with Gasteiger partial charge in [-0.2, -0.15) is 5.26 Å². The molecule has 1 rings (SSSR count). The van der Waals surface area contributed by atoms with Gasteiger partial charge in [0.25, 0.3) is 0 Å². The first-order valence-electron chi connectivity index (χ1n) is 6.02. The Kier molecular flexibility index (Phi) is 4.09. The molecule has 0 N–H and O–H groups in total. The first-order valence-corrected chi connectivity index (χ1v) is 6.02. The summed E-state index contributed by atoms with van der Waals surface area (Å²) in [5.41, 5.74) is -0.0399. The third kappa shape index (κ3) is 3.05. The van der Waals surface area contributed by atoms with E-state index in [0.717, 1.165) is 38.6 Å². The quantitative estimate of drug-likeness (QED) is 0.689. The van der Waals surface area contributed by atoms with E-state index in [4.69, 9.17) is 5.26 Å². The molecular formula is C13H22N2O. The number of piperidine rings is 1. The van der Waals surface area contributed by atoms with E-state index < -0.39 is 0 Å². The summed E-state index contributed by atoms with van der Waals surface area (Å²) in [5, 5.41) is 8.61. The maximum Gasteiger partial charge on any atom is 0.126 e. The van der Waals surface area contributed by atoms with Crippen LogP contribution in [0.15, 0.2) is 0 Å². The first-order chi connectivity index (χ1) is 7.43. The lowest BCUT2D eigenvalue weighted by molar-refractivity contribution is -0.120. The SMILES string of the molecule is CC(C)(C)N1CCC(C=O)(CCC#N)CC1. The molecule has 0 aromatic carbocycles. The minimum absolute atomic E-state index is 0.185. The third-order valence-electron chi connectivity index (χ3n) is 3.69. The number of carbonyl (C=O) groups excluding carboxylic acids is 1. The lowest BCUT2D eigenvalue weighted by Crippen LogP contribution is -2.49. The second-order valence-corrected chi connectivity index (χ2v) is 5.80. The van der Waals surface area contributed by atoms with E-state index in [-0.39, 0.29) is 11.0 Å². The standard InChI is InChI=1S/C13H22N2O/c1-12(2,3)15-9-6-13(11-16,7-10-15)5-4-8-14/h11H,4-7,9-10H2,1-3H3. The smallest absolute Gasteiger partial charge is 0.126 e. The molecule has 0 bridgehead atoms. The maximum absolute atomic E-state index is 11.2. The summed E-state index contributed by atoms with van der Waals surface area (Å²) >= 11 is 0. The molecule has 0 spiro atoms. The van der Waals surface area contributed by atoms with E-state index in [2.05, 4.69) is 31.7 Å². The van der Waals surface area contributed by atoms with Crippen LogP contribution >= 0.6 is 0 Å². The molecule has 1 fully saturated rings. The van der Waals surface area contributed by atoms with E-state index in [0.29, 0.717) is 6.42 Å². The van der Waals surface area contributed by atoms with E-state index in [1.807, 2.05) is 0 Å². The zero-order valence-electron chi connectivity index (χ0n) is 10.6. The fraction of sp³-hybridized carbons (Fsp3) is 0.846. The average Bonchev–Trinajstić information content (AvgIpc) is 2.26. The summed E-state index contributed by atoms with van der Waals surface area (Å²) in [6.45, 7) is 8.55. The lowest BCUT2D eigenvalue weighted by atomic mass is 9.75. The molecule has 90 valence electrons. The van der Waals surface area contributed by atoms with E-state index in [1.165, 1.54) is 0 Å². The van der Waals surface area contributed by atoms with Crippen molar-refractivity contribution < 1.29 is 4.79 Å². The molecule has 3 heteroatoms. The van der Waals surface area contributed by atoms with E-state index >= 15 is 0 Å². The van der Waals surface area contributed by atoms with Crippen LogP contribution in [0, 0.1) is 16.7 Å². The van der Waals surface area contributed by atoms with Crippen molar-refractivity contribution in [1.29, 1.82) is 5.26 Å². The van der Waals surface area contributed by atoms with Gasteiger partial charge >= 0.3 is 0 Å². The van der Waals surface area contributed by atoms with Crippen molar-refractivity contribution in [2.24, 2.45) is 5.41 Å². The van der Waals surface area contributed by atoms with Crippen LogP contribution in [0.5, 0.6) is 0 Å². The van der Waals surface area contributed by atoms with Gasteiger partial charge in [-0.1, -0.05) is 0 Å². The Hall–Kier alpha value is -0.880. The minimum atomic E-state index is -0.225. The van der Waals surface area contributed by atoms with Gasteiger partial charge in [-0.3, -0.25) is 4.90 Å². The predicted octanol–water partition coefficient (Wildman–Crippen LogP) is 2.37. The number of aldehydes is 1. The van der Waals surface area contributed by atoms with Gasteiger partial charge in [0.15, 0.2) is 0 Å². The zero-order valence-corrected chi connectivity index (χ0v) is 10.6. The Morgan fingerprint density at radius 3 is 2.31 bits per heavy atom. The second-order valence-electron chi connectivity index (χ2n) is 5.80. The predicted molar refractivity (Wildman–Crippen MR) is 63.9 cm³/mol. The van der Waals surface area contributed by atoms with Gasteiger partial charge in [0, 0.05) is 17.4 Å². The highest BCUT2D eigenvalue weighted by atomic mass is 16.1. The largest absolute Gasteiger partial charge is 0.303 e. The van der Waals surface area contributed by atoms with Gasteiger partial charge in [0.05, 0.1) is 6.07 Å². The molecule has 1 aliphatic rings. The summed E-state index contributed by atoms with van der Waals surface area (Å²) < 4.78 is 0. The fourth-order valence-corrected chi connectivity index (χ4v) is 2.35. The topological polar surface area (TPSA) is 44.1 Å². The Labute approximate surface area is 98.4 Å². The summed E-state index contributed by atoms with van der Waals surface area (Å²) in [6.07, 6.45) is 4.11. The van der Waals surface area contributed by atoms with Crippen molar-refractivity contribution in [2.45, 2.75) is 52.0 Å². The summed E-state index contributed by atoms with van der Waals surface area (Å²) in [7, 11) is 0. The van der Waals surface area contributed by atoms with Gasteiger partial charge in [-0.05, 0) is 53.1 Å². The van der Waals surface area contributed by atoms with Crippen molar-refractivity contribution >= 4 is 6.29 Å². The molecule has 0 aliphatic carbocycles. The van der Waals surface area contributed by atoms with Gasteiger partial charge in [-0.15, -0.1) is 0 Å². The van der Waals surface area contributed by atoms with Crippen molar-refractivity contribution in [1.82, 2.24) is 4.90 Å². The van der Waals surface area contributed by atoms with Gasteiger partial charge in [-0.25, -0.2) is 0 Å². The molecule has 0 saturated carbocycles. The highest BCUT2D eigenvalue weighted by molar-refractivity contribution is 5.59. The van der Waals surface area contributed by atoms with Crippen molar-refractivity contribution in [2.75, 3.05) is 13.1 Å². The molecule has 0 aromatic heterocycles. The molecule has 3 nitrogen and oxygen atoms in total. The molecule has 0 unspecified atom stereocenters. The van der Waals surface area contributed by atoms with Crippen LogP contribution in [0.4, 0.5) is 0 Å². The van der Waals surface area contributed by atoms with E-state index in [9.17, 15) is 4.79 Å². The number of hydrogen-bond acceptors (Lipinski definition) is 3. The molecule has 1 aliphatic heterocycles. The maximum atomic E-state index is 11.2. The van der Waals surface area contributed by atoms with Crippen LogP contribution in [0.25, 0.3) is 0 Å². The Morgan fingerprint density at radius 2 is 1.94 bits per heavy atom. The van der Waals surface area contributed by atoms with Crippen LogP contribution in [-0.4, -0.2) is 29.8 Å². The Bertz CT molecular complexity index is 277. The molecule has 0 amide bonds. The zero-order chi connectivity index (χ0) is 12.2. The second kappa shape index (κ2) is 4.97. The number of hydrogen-bond donors (Lipinski definition) is 0. The van der Waals surface area contributed by atoms with Crippen LogP contribution in [0.3, 0.4) is 0 Å². The summed E-state index contributed by atoms with van der Waals surface area (Å²) in [6, 6.07) is 2.14. The highest BCUT2D eigenvalue weighted by Crippen LogP contribution is 2.35. The fourth-order valence-electron chi connectivity index (χ4n) is 2.35. The van der Waals surface area contributed by atoms with Crippen molar-refractivity contribution in [3.8, 4) is 6.07 Å². The number of nitrogens with zero attached hydrogens (tertiary/aromatic N) is 2. The number of likely N-dealkylation sites (tertiary alicyclic amines) is 1. The Balaban J connectivity index is 2.57. The number of carbonyl (C=O) groups is 1. The van der Waals surface area contributed by atoms with Crippen molar-refractivity contribution in [3.05, 3.63) is 0 Å². The number of nitriles is 1. The van der Waals surface area contributed by atoms with Crippen LogP contribution in [-0.2, 0) is 4.79 Å². The minimum Gasteiger partial charge on any atom is -0.303 e. The summed E-state index contributed by atoms with van der Waals surface area (Å²) in [5.74, 6) is 0. The normalized spacial score (nSPS) is 21.4. The molecule has 1 saturated heterocycles. The third-order valence-corrected chi connectivity index (χ3v) is 3.69. The Morgan fingerprint density at radius 1 is 1.38 bits per heavy atom. The molecule has 0 aromatic rings. The van der Waals surface area contributed by atoms with Gasteiger partial charge in [0.2, 0.25) is 0 Å². The molecule has 16 heavy (non-hydrogen) atoms. The average molecular weight is 222 g/mol. The van der Waals surface area contributed by atoms with Crippen LogP contribution in [0.1, 0.15) is 46.5 Å². The monoisotopic (exact) mass is 222 g/mol. The molecule has 0 atom stereocenters. The van der Waals surface area contributed by atoms with E-state index in [1.54, 1.807) is 0 Å². The lowest BCUT2D eigenvalue weighted by Gasteiger charge is -2.44. The highest BCUT2D eigenvalue weighted by Gasteiger charge is 2.36. The number of rotatable bonds is 3. The molecule has 0 radical (unpaired) electrons. The molecular weight excluding hydrogens is 200 g/mol. The summed E-state index contributed by atoms with van der Waals surface area (Å²) in [4.78, 5) is 13.6.